The number of carboxylic acid groups (broad SMARTS) is 1. The van der Waals surface area contributed by atoms with Gasteiger partial charge in [-0.3, -0.25) is 14.4 Å². The molecule has 12 nitrogen and oxygen atoms in total. The molecule has 1 aliphatic rings. The molecule has 0 aromatic rings. The number of esters is 3. The van der Waals surface area contributed by atoms with Crippen LogP contribution in [0.5, 0.6) is 0 Å². The molecule has 0 aromatic heterocycles. The summed E-state index contributed by atoms with van der Waals surface area (Å²) >= 11 is 0. The summed E-state index contributed by atoms with van der Waals surface area (Å²) in [5, 5.41) is 31.3. The minimum absolute atomic E-state index is 0.0104. The fourth-order valence-corrected chi connectivity index (χ4v) is 7.27. The zero-order valence-electron chi connectivity index (χ0n) is 43.7. The van der Waals surface area contributed by atoms with Gasteiger partial charge < -0.3 is 39.0 Å². The van der Waals surface area contributed by atoms with Crippen LogP contribution in [0.2, 0.25) is 0 Å². The Morgan fingerprint density at radius 1 is 0.493 bits per heavy atom. The molecule has 0 spiro atoms. The average molecular weight is 993 g/mol. The number of hydrogen-bond acceptors (Lipinski definition) is 11. The molecule has 0 bridgehead atoms. The molecular weight excluding hydrogens is 901 g/mol. The maximum atomic E-state index is 13.1. The first-order valence-electron chi connectivity index (χ1n) is 26.9. The Bertz CT molecular complexity index is 1650. The Balaban J connectivity index is 2.81. The van der Waals surface area contributed by atoms with Crippen LogP contribution in [0, 0.1) is 0 Å². The van der Waals surface area contributed by atoms with Crippen LogP contribution in [0.1, 0.15) is 188 Å². The van der Waals surface area contributed by atoms with Crippen LogP contribution in [0.4, 0.5) is 0 Å². The van der Waals surface area contributed by atoms with Crippen LogP contribution in [0.15, 0.2) is 109 Å². The summed E-state index contributed by atoms with van der Waals surface area (Å²) in [6.45, 7) is 5.60. The summed E-state index contributed by atoms with van der Waals surface area (Å²) in [6.07, 6.45) is 49.6. The molecule has 1 aliphatic heterocycles. The first-order chi connectivity index (χ1) is 34.6. The van der Waals surface area contributed by atoms with Crippen LogP contribution in [0.3, 0.4) is 0 Å². The highest BCUT2D eigenvalue weighted by molar-refractivity contribution is 5.74. The van der Waals surface area contributed by atoms with E-state index in [0.29, 0.717) is 19.3 Å². The number of carbonyl (C=O) groups is 4. The van der Waals surface area contributed by atoms with Gasteiger partial charge in [-0.2, -0.15) is 0 Å². The number of rotatable bonds is 43. The zero-order valence-corrected chi connectivity index (χ0v) is 43.7. The van der Waals surface area contributed by atoms with Crippen molar-refractivity contribution in [3.05, 3.63) is 109 Å². The second kappa shape index (κ2) is 46.5. The number of aliphatic carboxylic acids is 1. The number of carboxylic acids is 1. The van der Waals surface area contributed by atoms with Gasteiger partial charge in [0.2, 0.25) is 0 Å². The fourth-order valence-electron chi connectivity index (χ4n) is 7.27. The van der Waals surface area contributed by atoms with Crippen LogP contribution in [-0.4, -0.2) is 89.2 Å². The lowest BCUT2D eigenvalue weighted by Crippen LogP contribution is -2.61. The molecule has 1 rings (SSSR count). The molecule has 0 radical (unpaired) electrons. The summed E-state index contributed by atoms with van der Waals surface area (Å²) in [6, 6.07) is 0. The molecule has 6 unspecified atom stereocenters. The molecule has 71 heavy (non-hydrogen) atoms. The molecule has 0 amide bonds. The highest BCUT2D eigenvalue weighted by Crippen LogP contribution is 2.26. The van der Waals surface area contributed by atoms with Crippen molar-refractivity contribution in [1.29, 1.82) is 0 Å². The third kappa shape index (κ3) is 36.9. The third-order valence-corrected chi connectivity index (χ3v) is 11.3. The normalized spacial score (nSPS) is 19.4. The highest BCUT2D eigenvalue weighted by atomic mass is 16.7. The summed E-state index contributed by atoms with van der Waals surface area (Å²) in [7, 11) is 0. The van der Waals surface area contributed by atoms with Crippen molar-refractivity contribution >= 4 is 23.9 Å². The number of aliphatic hydroxyl groups excluding tert-OH is 2. The average Bonchev–Trinajstić information content (AvgIpc) is 3.35. The molecule has 6 atom stereocenters. The zero-order chi connectivity index (χ0) is 51.8. The minimum atomic E-state index is -1.93. The van der Waals surface area contributed by atoms with Crippen LogP contribution in [0.25, 0.3) is 0 Å². The van der Waals surface area contributed by atoms with Crippen molar-refractivity contribution in [2.24, 2.45) is 0 Å². The molecule has 12 heteroatoms. The lowest BCUT2D eigenvalue weighted by Gasteiger charge is -2.40. The fraction of sp³-hybridized carbons (Fsp3) is 0.627. The van der Waals surface area contributed by atoms with Crippen LogP contribution < -0.4 is 0 Å². The second-order valence-corrected chi connectivity index (χ2v) is 17.8. The van der Waals surface area contributed by atoms with Gasteiger partial charge in [-0.1, -0.05) is 175 Å². The van der Waals surface area contributed by atoms with Crippen molar-refractivity contribution in [1.82, 2.24) is 0 Å². The topological polar surface area (TPSA) is 175 Å². The molecule has 0 aliphatic carbocycles. The van der Waals surface area contributed by atoms with E-state index in [2.05, 4.69) is 112 Å². The number of unbranched alkanes of at least 4 members (excludes halogenated alkanes) is 12. The summed E-state index contributed by atoms with van der Waals surface area (Å²) in [5.41, 5.74) is 0. The van der Waals surface area contributed by atoms with E-state index in [0.717, 1.165) is 103 Å². The first kappa shape index (κ1) is 64.4. The quantitative estimate of drug-likeness (QED) is 0.0229. The standard InChI is InChI=1S/C59H92O12/c1-4-7-10-13-16-19-22-25-26-29-30-33-36-39-42-45-51(60)67-48-50(69-52(61)46-43-40-37-34-31-27-23-20-17-14-11-8-5-2)49-68-59-57(55(64)54(63)56(71-59)58(65)66)70-53(62)47-44-41-38-35-32-28-24-21-18-15-12-9-6-3/h7,9-10,12,16,18-21,23,25-26,28,30,32-33,39,42,50,54-57,59,63-64H,4-6,8,11,13-15,17,22,24,27,29,31,34-38,40-41,43-49H2,1-3H3,(H,65,66)/b10-7-,12-9-,19-16-,21-18-,23-20-,26-25-,32-28-,33-30-,42-39-. The molecule has 1 heterocycles. The Morgan fingerprint density at radius 2 is 0.930 bits per heavy atom. The number of aliphatic hydroxyl groups is 2. The lowest BCUT2D eigenvalue weighted by molar-refractivity contribution is -0.301. The maximum absolute atomic E-state index is 13.1. The van der Waals surface area contributed by atoms with Gasteiger partial charge in [-0.25, -0.2) is 4.79 Å². The maximum Gasteiger partial charge on any atom is 0.335 e. The van der Waals surface area contributed by atoms with Gasteiger partial charge in [0.25, 0.3) is 0 Å². The second-order valence-electron chi connectivity index (χ2n) is 17.8. The Morgan fingerprint density at radius 3 is 1.45 bits per heavy atom. The highest BCUT2D eigenvalue weighted by Gasteiger charge is 2.50. The molecule has 0 aromatic carbocycles. The van der Waals surface area contributed by atoms with Gasteiger partial charge >= 0.3 is 23.9 Å². The van der Waals surface area contributed by atoms with Gasteiger partial charge in [0, 0.05) is 12.8 Å². The predicted octanol–water partition coefficient (Wildman–Crippen LogP) is 13.1. The van der Waals surface area contributed by atoms with Gasteiger partial charge in [-0.15, -0.1) is 0 Å². The molecular formula is C59H92O12. The number of carbonyl (C=O) groups excluding carboxylic acids is 3. The first-order valence-corrected chi connectivity index (χ1v) is 26.9. The monoisotopic (exact) mass is 993 g/mol. The van der Waals surface area contributed by atoms with Gasteiger partial charge in [0.1, 0.15) is 18.8 Å². The van der Waals surface area contributed by atoms with E-state index in [1.165, 1.54) is 25.7 Å². The Hall–Kier alpha value is -4.62. The van der Waals surface area contributed by atoms with Gasteiger partial charge in [-0.05, 0) is 103 Å². The Kier molecular flexibility index (Phi) is 42.1. The molecule has 3 N–H and O–H groups in total. The minimum Gasteiger partial charge on any atom is -0.479 e. The SMILES string of the molecule is CC/C=C\C/C=C\C/C=C\C/C=C\C/C=C\CC(=O)OCC(COC1OC(C(=O)O)C(O)C(O)C1OC(=O)CCCCC/C=C\C/C=C\C/C=C\CC)OC(=O)CCCCCCC/C=C\CCCCCC. The largest absolute Gasteiger partial charge is 0.479 e. The summed E-state index contributed by atoms with van der Waals surface area (Å²) in [4.78, 5) is 50.8. The smallest absolute Gasteiger partial charge is 0.335 e. The third-order valence-electron chi connectivity index (χ3n) is 11.3. The molecule has 1 saturated heterocycles. The van der Waals surface area contributed by atoms with Crippen LogP contribution in [-0.2, 0) is 42.9 Å². The molecule has 1 fully saturated rings. The van der Waals surface area contributed by atoms with Crippen molar-refractivity contribution in [3.8, 4) is 0 Å². The summed E-state index contributed by atoms with van der Waals surface area (Å²) in [5.74, 6) is -3.35. The Labute approximate surface area is 427 Å². The number of hydrogen-bond donors (Lipinski definition) is 3. The van der Waals surface area contributed by atoms with E-state index in [1.807, 2.05) is 12.2 Å². The van der Waals surface area contributed by atoms with E-state index in [9.17, 15) is 34.5 Å². The van der Waals surface area contributed by atoms with Crippen molar-refractivity contribution in [2.45, 2.75) is 225 Å². The number of ether oxygens (including phenoxy) is 5. The predicted molar refractivity (Wildman–Crippen MR) is 284 cm³/mol. The number of allylic oxidation sites excluding steroid dienone is 17. The van der Waals surface area contributed by atoms with Crippen molar-refractivity contribution in [2.75, 3.05) is 13.2 Å². The van der Waals surface area contributed by atoms with Crippen molar-refractivity contribution in [3.63, 3.8) is 0 Å². The lowest BCUT2D eigenvalue weighted by atomic mass is 9.98. The van der Waals surface area contributed by atoms with E-state index in [4.69, 9.17) is 23.7 Å². The van der Waals surface area contributed by atoms with E-state index in [1.54, 1.807) is 6.08 Å². The van der Waals surface area contributed by atoms with E-state index < -0.39 is 67.3 Å². The van der Waals surface area contributed by atoms with Crippen LogP contribution >= 0.6 is 0 Å². The molecule has 0 saturated carbocycles. The van der Waals surface area contributed by atoms with Gasteiger partial charge in [0.15, 0.2) is 24.6 Å². The van der Waals surface area contributed by atoms with E-state index in [-0.39, 0.29) is 25.9 Å². The van der Waals surface area contributed by atoms with Crippen molar-refractivity contribution < 1.29 is 58.2 Å². The summed E-state index contributed by atoms with van der Waals surface area (Å²) < 4.78 is 28.1. The molecule has 400 valence electrons. The van der Waals surface area contributed by atoms with E-state index >= 15 is 0 Å². The van der Waals surface area contributed by atoms with Gasteiger partial charge in [0.05, 0.1) is 13.0 Å².